The van der Waals surface area contributed by atoms with E-state index >= 15 is 0 Å². The summed E-state index contributed by atoms with van der Waals surface area (Å²) in [4.78, 5) is 23.0. The van der Waals surface area contributed by atoms with Crippen LogP contribution in [0.15, 0.2) is 30.3 Å². The van der Waals surface area contributed by atoms with Crippen LogP contribution >= 0.6 is 0 Å². The van der Waals surface area contributed by atoms with E-state index in [9.17, 15) is 14.7 Å². The Kier molecular flexibility index (Phi) is 6.37. The summed E-state index contributed by atoms with van der Waals surface area (Å²) in [7, 11) is 0. The van der Waals surface area contributed by atoms with E-state index in [4.69, 9.17) is 5.73 Å². The van der Waals surface area contributed by atoms with Crippen LogP contribution in [0.1, 0.15) is 38.7 Å². The summed E-state index contributed by atoms with van der Waals surface area (Å²) >= 11 is 0. The minimum Gasteiger partial charge on any atom is -0.480 e. The number of carbonyl (C=O) groups excluding carboxylic acids is 1. The van der Waals surface area contributed by atoms with Crippen molar-refractivity contribution in [1.82, 2.24) is 5.32 Å². The van der Waals surface area contributed by atoms with Crippen LogP contribution in [0.5, 0.6) is 0 Å². The molecule has 0 saturated carbocycles. The predicted octanol–water partition coefficient (Wildman–Crippen LogP) is 1.71. The van der Waals surface area contributed by atoms with Crippen molar-refractivity contribution in [3.8, 4) is 0 Å². The molecule has 1 amide bonds. The summed E-state index contributed by atoms with van der Waals surface area (Å²) in [5.74, 6) is -1.28. The summed E-state index contributed by atoms with van der Waals surface area (Å²) in [6, 6.07) is 8.75. The lowest BCUT2D eigenvalue weighted by molar-refractivity contribution is -0.142. The summed E-state index contributed by atoms with van der Waals surface area (Å²) in [6.45, 7) is 3.68. The van der Waals surface area contributed by atoms with Gasteiger partial charge < -0.3 is 16.2 Å². The summed E-state index contributed by atoms with van der Waals surface area (Å²) in [5.41, 5.74) is 6.44. The lowest BCUT2D eigenvalue weighted by Crippen LogP contribution is -2.42. The second-order valence-corrected chi connectivity index (χ2v) is 5.97. The first-order valence-electron chi connectivity index (χ1n) is 7.13. The number of carboxylic acid groups (broad SMARTS) is 1. The topological polar surface area (TPSA) is 92.4 Å². The van der Waals surface area contributed by atoms with Gasteiger partial charge in [0.25, 0.3) is 0 Å². The quantitative estimate of drug-likeness (QED) is 0.680. The molecule has 0 aliphatic heterocycles. The maximum Gasteiger partial charge on any atom is 0.326 e. The van der Waals surface area contributed by atoms with Gasteiger partial charge in [-0.2, -0.15) is 0 Å². The molecule has 0 spiro atoms. The minimum absolute atomic E-state index is 0.235. The molecule has 0 radical (unpaired) electrons. The second-order valence-electron chi connectivity index (χ2n) is 5.97. The van der Waals surface area contributed by atoms with Crippen LogP contribution in [0.2, 0.25) is 0 Å². The van der Waals surface area contributed by atoms with E-state index in [1.165, 1.54) is 0 Å². The standard InChI is InChI=1S/C16H24N2O3/c1-16(2,17)11-10-14(19)18-13(15(20)21)9-8-12-6-4-3-5-7-12/h3-7,13H,8-11,17H2,1-2H3,(H,18,19)(H,20,21). The van der Waals surface area contributed by atoms with Gasteiger partial charge in [0.1, 0.15) is 6.04 Å². The molecule has 1 rings (SSSR count). The van der Waals surface area contributed by atoms with Crippen molar-refractivity contribution in [1.29, 1.82) is 0 Å². The third-order valence-electron chi connectivity index (χ3n) is 3.19. The third kappa shape index (κ3) is 7.46. The molecule has 0 aliphatic carbocycles. The number of benzene rings is 1. The molecule has 0 fully saturated rings. The number of carboxylic acids is 1. The molecular weight excluding hydrogens is 268 g/mol. The van der Waals surface area contributed by atoms with Crippen LogP contribution in [0.25, 0.3) is 0 Å². The Labute approximate surface area is 125 Å². The van der Waals surface area contributed by atoms with Gasteiger partial charge in [0.05, 0.1) is 0 Å². The molecule has 0 saturated heterocycles. The fourth-order valence-electron chi connectivity index (χ4n) is 1.92. The number of amides is 1. The van der Waals surface area contributed by atoms with Gasteiger partial charge in [-0.15, -0.1) is 0 Å². The van der Waals surface area contributed by atoms with Gasteiger partial charge in [-0.05, 0) is 38.7 Å². The molecule has 4 N–H and O–H groups in total. The van der Waals surface area contributed by atoms with Gasteiger partial charge in [-0.25, -0.2) is 4.79 Å². The Hall–Kier alpha value is -1.88. The molecule has 1 aromatic rings. The number of carbonyl (C=O) groups is 2. The molecule has 0 aromatic heterocycles. The van der Waals surface area contributed by atoms with Crippen LogP contribution in [0.3, 0.4) is 0 Å². The van der Waals surface area contributed by atoms with E-state index in [-0.39, 0.29) is 12.3 Å². The summed E-state index contributed by atoms with van der Waals surface area (Å²) in [5, 5.41) is 11.8. The molecule has 0 bridgehead atoms. The van der Waals surface area contributed by atoms with Gasteiger partial charge in [0.15, 0.2) is 0 Å². The van der Waals surface area contributed by atoms with Crippen LogP contribution in [-0.4, -0.2) is 28.6 Å². The lowest BCUT2D eigenvalue weighted by Gasteiger charge is -2.19. The lowest BCUT2D eigenvalue weighted by atomic mass is 9.99. The van der Waals surface area contributed by atoms with E-state index in [2.05, 4.69) is 5.32 Å². The number of nitrogens with one attached hydrogen (secondary N) is 1. The highest BCUT2D eigenvalue weighted by molar-refractivity contribution is 5.83. The zero-order valence-corrected chi connectivity index (χ0v) is 12.6. The number of nitrogens with two attached hydrogens (primary N) is 1. The number of hydrogen-bond donors (Lipinski definition) is 3. The Morgan fingerprint density at radius 1 is 1.29 bits per heavy atom. The van der Waals surface area contributed by atoms with Crippen LogP contribution in [-0.2, 0) is 16.0 Å². The average molecular weight is 292 g/mol. The smallest absolute Gasteiger partial charge is 0.326 e. The monoisotopic (exact) mass is 292 g/mol. The van der Waals surface area contributed by atoms with Gasteiger partial charge in [0.2, 0.25) is 5.91 Å². The first-order valence-corrected chi connectivity index (χ1v) is 7.13. The van der Waals surface area contributed by atoms with E-state index in [0.29, 0.717) is 19.3 Å². The van der Waals surface area contributed by atoms with Crippen molar-refractivity contribution in [3.05, 3.63) is 35.9 Å². The number of rotatable bonds is 8. The molecule has 116 valence electrons. The van der Waals surface area contributed by atoms with Crippen LogP contribution < -0.4 is 11.1 Å². The van der Waals surface area contributed by atoms with Gasteiger partial charge in [0, 0.05) is 12.0 Å². The van der Waals surface area contributed by atoms with Gasteiger partial charge in [-0.3, -0.25) is 4.79 Å². The van der Waals surface area contributed by atoms with Crippen molar-refractivity contribution < 1.29 is 14.7 Å². The molecular formula is C16H24N2O3. The zero-order chi connectivity index (χ0) is 15.9. The molecule has 1 aromatic carbocycles. The van der Waals surface area contributed by atoms with Gasteiger partial charge >= 0.3 is 5.97 Å². The van der Waals surface area contributed by atoms with Crippen molar-refractivity contribution in [2.24, 2.45) is 5.73 Å². The van der Waals surface area contributed by atoms with Crippen molar-refractivity contribution in [2.75, 3.05) is 0 Å². The SMILES string of the molecule is CC(C)(N)CCC(=O)NC(CCc1ccccc1)C(=O)O. The molecule has 0 heterocycles. The number of aliphatic carboxylic acids is 1. The Bertz CT molecular complexity index is 466. The summed E-state index contributed by atoms with van der Waals surface area (Å²) < 4.78 is 0. The van der Waals surface area contributed by atoms with Crippen LogP contribution in [0.4, 0.5) is 0 Å². The van der Waals surface area contributed by atoms with E-state index in [1.807, 2.05) is 44.2 Å². The van der Waals surface area contributed by atoms with E-state index < -0.39 is 17.6 Å². The highest BCUT2D eigenvalue weighted by Gasteiger charge is 2.21. The largest absolute Gasteiger partial charge is 0.480 e. The maximum absolute atomic E-state index is 11.8. The predicted molar refractivity (Wildman–Crippen MR) is 81.8 cm³/mol. The van der Waals surface area contributed by atoms with Crippen molar-refractivity contribution in [3.63, 3.8) is 0 Å². The molecule has 5 nitrogen and oxygen atoms in total. The summed E-state index contributed by atoms with van der Waals surface area (Å²) in [6.07, 6.45) is 1.74. The minimum atomic E-state index is -1.01. The maximum atomic E-state index is 11.8. The average Bonchev–Trinajstić information content (AvgIpc) is 2.41. The van der Waals surface area contributed by atoms with Crippen molar-refractivity contribution in [2.45, 2.75) is 51.1 Å². The molecule has 5 heteroatoms. The highest BCUT2D eigenvalue weighted by atomic mass is 16.4. The first-order chi connectivity index (χ1) is 9.78. The molecule has 1 atom stereocenters. The highest BCUT2D eigenvalue weighted by Crippen LogP contribution is 2.08. The Balaban J connectivity index is 2.46. The Morgan fingerprint density at radius 2 is 1.90 bits per heavy atom. The number of hydrogen-bond acceptors (Lipinski definition) is 3. The normalized spacial score (nSPS) is 12.7. The van der Waals surface area contributed by atoms with Crippen LogP contribution in [0, 0.1) is 0 Å². The molecule has 1 unspecified atom stereocenters. The van der Waals surface area contributed by atoms with E-state index in [0.717, 1.165) is 5.56 Å². The Morgan fingerprint density at radius 3 is 2.43 bits per heavy atom. The van der Waals surface area contributed by atoms with E-state index in [1.54, 1.807) is 0 Å². The molecule has 21 heavy (non-hydrogen) atoms. The zero-order valence-electron chi connectivity index (χ0n) is 12.6. The third-order valence-corrected chi connectivity index (χ3v) is 3.19. The van der Waals surface area contributed by atoms with Crippen molar-refractivity contribution >= 4 is 11.9 Å². The first kappa shape index (κ1) is 17.2. The fourth-order valence-corrected chi connectivity index (χ4v) is 1.92. The second kappa shape index (κ2) is 7.78. The number of aryl methyl sites for hydroxylation is 1. The fraction of sp³-hybridized carbons (Fsp3) is 0.500. The molecule has 0 aliphatic rings. The van der Waals surface area contributed by atoms with Gasteiger partial charge in [-0.1, -0.05) is 30.3 Å².